The molecule has 1 aromatic heterocycles. The Morgan fingerprint density at radius 2 is 1.82 bits per heavy atom. The highest BCUT2D eigenvalue weighted by molar-refractivity contribution is 5.24. The van der Waals surface area contributed by atoms with Crippen molar-refractivity contribution < 1.29 is 0 Å². The van der Waals surface area contributed by atoms with Crippen LogP contribution in [0, 0.1) is 25.7 Å². The van der Waals surface area contributed by atoms with E-state index >= 15 is 0 Å². The number of aromatic nitrogens is 2. The molecule has 1 unspecified atom stereocenters. The Bertz CT molecular complexity index is 381. The molecule has 0 amide bonds. The van der Waals surface area contributed by atoms with E-state index in [-0.39, 0.29) is 6.04 Å². The zero-order valence-electron chi connectivity index (χ0n) is 11.1. The van der Waals surface area contributed by atoms with Crippen LogP contribution in [0.15, 0.2) is 6.07 Å². The summed E-state index contributed by atoms with van der Waals surface area (Å²) in [7, 11) is 0. The molecule has 0 spiro atoms. The lowest BCUT2D eigenvalue weighted by Crippen LogP contribution is -2.26. The van der Waals surface area contributed by atoms with Crippen molar-refractivity contribution in [3.63, 3.8) is 0 Å². The van der Waals surface area contributed by atoms with E-state index in [2.05, 4.69) is 23.2 Å². The number of hydrogen-bond donors (Lipinski definition) is 1. The van der Waals surface area contributed by atoms with Crippen LogP contribution in [0.2, 0.25) is 0 Å². The lowest BCUT2D eigenvalue weighted by Gasteiger charge is -2.31. The quantitative estimate of drug-likeness (QED) is 0.854. The van der Waals surface area contributed by atoms with Crippen LogP contribution in [0.5, 0.6) is 0 Å². The van der Waals surface area contributed by atoms with E-state index in [1.807, 2.05) is 13.8 Å². The zero-order valence-corrected chi connectivity index (χ0v) is 11.1. The molecular weight excluding hydrogens is 210 g/mol. The largest absolute Gasteiger partial charge is 0.324 e. The topological polar surface area (TPSA) is 51.8 Å². The van der Waals surface area contributed by atoms with Crippen LogP contribution in [-0.4, -0.2) is 10.2 Å². The molecule has 2 N–H and O–H groups in total. The van der Waals surface area contributed by atoms with Crippen molar-refractivity contribution >= 4 is 0 Å². The van der Waals surface area contributed by atoms with Crippen LogP contribution in [-0.2, 0) is 0 Å². The maximum Gasteiger partial charge on any atom is 0.0648 e. The van der Waals surface area contributed by atoms with Crippen LogP contribution in [0.4, 0.5) is 0 Å². The molecule has 1 atom stereocenters. The molecule has 1 aromatic rings. The third kappa shape index (κ3) is 2.83. The van der Waals surface area contributed by atoms with E-state index in [9.17, 15) is 0 Å². The van der Waals surface area contributed by atoms with E-state index in [0.717, 1.165) is 17.3 Å². The molecule has 2 rings (SSSR count). The minimum Gasteiger partial charge on any atom is -0.324 e. The number of nitrogens with zero attached hydrogens (tertiary/aromatic N) is 2. The van der Waals surface area contributed by atoms with Gasteiger partial charge in [0, 0.05) is 6.04 Å². The molecule has 1 aliphatic carbocycles. The Labute approximate surface area is 104 Å². The van der Waals surface area contributed by atoms with Gasteiger partial charge in [0.25, 0.3) is 0 Å². The van der Waals surface area contributed by atoms with Crippen molar-refractivity contribution in [2.45, 2.75) is 52.5 Å². The molecular formula is C14H23N3. The van der Waals surface area contributed by atoms with Gasteiger partial charge in [-0.2, -0.15) is 10.2 Å². The van der Waals surface area contributed by atoms with E-state index < -0.39 is 0 Å². The molecule has 94 valence electrons. The number of hydrogen-bond acceptors (Lipinski definition) is 3. The van der Waals surface area contributed by atoms with Crippen molar-refractivity contribution in [3.05, 3.63) is 23.0 Å². The molecule has 3 heteroatoms. The van der Waals surface area contributed by atoms with Crippen molar-refractivity contribution in [1.29, 1.82) is 0 Å². The maximum absolute atomic E-state index is 6.42. The fraction of sp³-hybridized carbons (Fsp3) is 0.714. The maximum atomic E-state index is 6.42. The average molecular weight is 233 g/mol. The van der Waals surface area contributed by atoms with Gasteiger partial charge in [-0.1, -0.05) is 19.8 Å². The standard InChI is InChI=1S/C14H23N3/c1-9-4-6-12(7-5-9)14(15)13-8-10(2)16-17-11(13)3/h8-9,12,14H,4-7,15H2,1-3H3. The molecule has 3 nitrogen and oxygen atoms in total. The van der Waals surface area contributed by atoms with Gasteiger partial charge in [-0.05, 0) is 50.2 Å². The minimum absolute atomic E-state index is 0.136. The first-order chi connectivity index (χ1) is 8.08. The molecule has 1 aliphatic rings. The van der Waals surface area contributed by atoms with Crippen molar-refractivity contribution in [2.24, 2.45) is 17.6 Å². The Hall–Kier alpha value is -0.960. The first kappa shape index (κ1) is 12.5. The van der Waals surface area contributed by atoms with Crippen LogP contribution < -0.4 is 5.73 Å². The van der Waals surface area contributed by atoms with Crippen molar-refractivity contribution in [2.75, 3.05) is 0 Å². The van der Waals surface area contributed by atoms with Gasteiger partial charge in [0.2, 0.25) is 0 Å². The summed E-state index contributed by atoms with van der Waals surface area (Å²) >= 11 is 0. The van der Waals surface area contributed by atoms with Gasteiger partial charge < -0.3 is 5.73 Å². The second-order valence-corrected chi connectivity index (χ2v) is 5.57. The first-order valence-electron chi connectivity index (χ1n) is 6.64. The highest BCUT2D eigenvalue weighted by Crippen LogP contribution is 2.35. The smallest absolute Gasteiger partial charge is 0.0648 e. The van der Waals surface area contributed by atoms with Crippen molar-refractivity contribution in [1.82, 2.24) is 10.2 Å². The fourth-order valence-corrected chi connectivity index (χ4v) is 2.81. The van der Waals surface area contributed by atoms with Gasteiger partial charge in [-0.3, -0.25) is 0 Å². The molecule has 1 saturated carbocycles. The van der Waals surface area contributed by atoms with E-state index in [4.69, 9.17) is 5.73 Å². The average Bonchev–Trinajstić information content (AvgIpc) is 2.32. The SMILES string of the molecule is Cc1cc(C(N)C2CCC(C)CC2)c(C)nn1. The summed E-state index contributed by atoms with van der Waals surface area (Å²) in [5, 5.41) is 8.25. The van der Waals surface area contributed by atoms with Crippen molar-refractivity contribution in [3.8, 4) is 0 Å². The Morgan fingerprint density at radius 1 is 1.18 bits per heavy atom. The Morgan fingerprint density at radius 3 is 2.47 bits per heavy atom. The summed E-state index contributed by atoms with van der Waals surface area (Å²) in [6.07, 6.45) is 5.14. The number of rotatable bonds is 2. The second-order valence-electron chi connectivity index (χ2n) is 5.57. The van der Waals surface area contributed by atoms with E-state index in [0.29, 0.717) is 5.92 Å². The third-order valence-electron chi connectivity index (χ3n) is 4.07. The third-order valence-corrected chi connectivity index (χ3v) is 4.07. The molecule has 1 heterocycles. The summed E-state index contributed by atoms with van der Waals surface area (Å²) in [6, 6.07) is 2.24. The molecule has 17 heavy (non-hydrogen) atoms. The van der Waals surface area contributed by atoms with Gasteiger partial charge in [0.1, 0.15) is 0 Å². The summed E-state index contributed by atoms with van der Waals surface area (Å²) in [4.78, 5) is 0. The van der Waals surface area contributed by atoms with Gasteiger partial charge in [-0.25, -0.2) is 0 Å². The monoisotopic (exact) mass is 233 g/mol. The van der Waals surface area contributed by atoms with Gasteiger partial charge in [0.05, 0.1) is 11.4 Å². The van der Waals surface area contributed by atoms with Crippen LogP contribution in [0.1, 0.15) is 55.6 Å². The predicted molar refractivity (Wildman–Crippen MR) is 69.6 cm³/mol. The van der Waals surface area contributed by atoms with Crippen LogP contribution >= 0.6 is 0 Å². The normalized spacial score (nSPS) is 26.8. The number of nitrogens with two attached hydrogens (primary N) is 1. The molecule has 0 aromatic carbocycles. The fourth-order valence-electron chi connectivity index (χ4n) is 2.81. The molecule has 1 fully saturated rings. The highest BCUT2D eigenvalue weighted by atomic mass is 15.1. The molecule has 0 bridgehead atoms. The van der Waals surface area contributed by atoms with E-state index in [1.165, 1.54) is 31.2 Å². The highest BCUT2D eigenvalue weighted by Gasteiger charge is 2.26. The molecule has 0 aliphatic heterocycles. The summed E-state index contributed by atoms with van der Waals surface area (Å²) in [6.45, 7) is 6.32. The van der Waals surface area contributed by atoms with E-state index in [1.54, 1.807) is 0 Å². The summed E-state index contributed by atoms with van der Waals surface area (Å²) in [5.74, 6) is 1.49. The summed E-state index contributed by atoms with van der Waals surface area (Å²) in [5.41, 5.74) is 9.56. The van der Waals surface area contributed by atoms with Gasteiger partial charge >= 0.3 is 0 Å². The summed E-state index contributed by atoms with van der Waals surface area (Å²) < 4.78 is 0. The van der Waals surface area contributed by atoms with Gasteiger partial charge in [0.15, 0.2) is 0 Å². The number of aryl methyl sites for hydroxylation is 2. The Kier molecular flexibility index (Phi) is 3.77. The minimum atomic E-state index is 0.136. The van der Waals surface area contributed by atoms with Crippen LogP contribution in [0.3, 0.4) is 0 Å². The predicted octanol–water partition coefficient (Wildman–Crippen LogP) is 2.92. The molecule has 0 radical (unpaired) electrons. The first-order valence-corrected chi connectivity index (χ1v) is 6.64. The molecule has 0 saturated heterocycles. The lowest BCUT2D eigenvalue weighted by atomic mass is 9.77. The van der Waals surface area contributed by atoms with Gasteiger partial charge in [-0.15, -0.1) is 0 Å². The Balaban J connectivity index is 2.13. The zero-order chi connectivity index (χ0) is 12.4. The lowest BCUT2D eigenvalue weighted by molar-refractivity contribution is 0.255. The second kappa shape index (κ2) is 5.13. The van der Waals surface area contributed by atoms with Crippen LogP contribution in [0.25, 0.3) is 0 Å².